The number of nitrogens with zero attached hydrogens (tertiary/aromatic N) is 3. The lowest BCUT2D eigenvalue weighted by molar-refractivity contribution is 0.0661. The second kappa shape index (κ2) is 9.49. The summed E-state index contributed by atoms with van der Waals surface area (Å²) in [6.45, 7) is 4.44. The van der Waals surface area contributed by atoms with E-state index in [4.69, 9.17) is 25.5 Å². The van der Waals surface area contributed by atoms with Gasteiger partial charge in [-0.15, -0.1) is 0 Å². The highest BCUT2D eigenvalue weighted by Crippen LogP contribution is 2.32. The fraction of sp³-hybridized carbons (Fsp3) is 0.500. The third-order valence-electron chi connectivity index (χ3n) is 5.57. The molecular formula is C22H29N5O4. The molecule has 0 aliphatic carbocycles. The number of nitrogens with one attached hydrogen (secondary N) is 1. The fourth-order valence-corrected chi connectivity index (χ4v) is 3.91. The van der Waals surface area contributed by atoms with E-state index in [0.29, 0.717) is 37.7 Å². The van der Waals surface area contributed by atoms with Crippen LogP contribution >= 0.6 is 0 Å². The molecule has 3 heterocycles. The monoisotopic (exact) mass is 427 g/mol. The van der Waals surface area contributed by atoms with Crippen molar-refractivity contribution in [1.29, 1.82) is 5.41 Å². The molecule has 0 spiro atoms. The van der Waals surface area contributed by atoms with Crippen molar-refractivity contribution in [3.05, 3.63) is 40.3 Å². The minimum Gasteiger partial charge on any atom is -0.486 e. The van der Waals surface area contributed by atoms with E-state index in [1.807, 2.05) is 31.2 Å². The van der Waals surface area contributed by atoms with Crippen LogP contribution in [0.3, 0.4) is 0 Å². The van der Waals surface area contributed by atoms with Gasteiger partial charge in [-0.1, -0.05) is 6.92 Å². The summed E-state index contributed by atoms with van der Waals surface area (Å²) in [6.07, 6.45) is 3.63. The molecule has 2 aromatic rings. The molecule has 1 fully saturated rings. The Hall–Kier alpha value is -2.91. The summed E-state index contributed by atoms with van der Waals surface area (Å²) in [5, 5.41) is 9.38. The van der Waals surface area contributed by atoms with Crippen LogP contribution in [0.4, 0.5) is 0 Å². The van der Waals surface area contributed by atoms with Crippen molar-refractivity contribution < 1.29 is 14.2 Å². The molecule has 31 heavy (non-hydrogen) atoms. The lowest BCUT2D eigenvalue weighted by Gasteiger charge is -2.23. The molecule has 0 amide bonds. The number of ether oxygens (including phenoxy) is 3. The number of benzene rings is 1. The van der Waals surface area contributed by atoms with Crippen LogP contribution in [0.2, 0.25) is 0 Å². The van der Waals surface area contributed by atoms with Crippen LogP contribution in [-0.2, 0) is 17.7 Å². The first-order valence-electron chi connectivity index (χ1n) is 10.8. The molecule has 1 aromatic carbocycles. The molecule has 2 aliphatic rings. The van der Waals surface area contributed by atoms with Crippen molar-refractivity contribution in [2.24, 2.45) is 5.84 Å². The SMILES string of the molecule is CCCN(N)C(=N)COc1ccc2c(c1)CCn1c-2cc(OCC2CCCO2)nc1=O. The quantitative estimate of drug-likeness (QED) is 0.286. The van der Waals surface area contributed by atoms with Gasteiger partial charge in [-0.2, -0.15) is 4.98 Å². The van der Waals surface area contributed by atoms with Crippen molar-refractivity contribution in [1.82, 2.24) is 14.6 Å². The van der Waals surface area contributed by atoms with Gasteiger partial charge in [-0.3, -0.25) is 15.0 Å². The van der Waals surface area contributed by atoms with Crippen LogP contribution in [0.1, 0.15) is 31.7 Å². The number of fused-ring (bicyclic) bond motifs is 3. The first kappa shape index (κ1) is 21.3. The molecule has 0 bridgehead atoms. The molecule has 1 saturated heterocycles. The summed E-state index contributed by atoms with van der Waals surface area (Å²) in [6, 6.07) is 7.57. The van der Waals surface area contributed by atoms with Gasteiger partial charge < -0.3 is 14.2 Å². The van der Waals surface area contributed by atoms with Crippen LogP contribution in [0.15, 0.2) is 29.1 Å². The molecule has 3 N–H and O–H groups in total. The summed E-state index contributed by atoms with van der Waals surface area (Å²) < 4.78 is 18.8. The lowest BCUT2D eigenvalue weighted by Crippen LogP contribution is -2.40. The van der Waals surface area contributed by atoms with Crippen molar-refractivity contribution in [3.63, 3.8) is 0 Å². The van der Waals surface area contributed by atoms with E-state index in [9.17, 15) is 4.79 Å². The average molecular weight is 428 g/mol. The van der Waals surface area contributed by atoms with E-state index in [-0.39, 0.29) is 24.2 Å². The lowest BCUT2D eigenvalue weighted by atomic mass is 9.97. The number of hydrazine groups is 1. The molecule has 9 heteroatoms. The average Bonchev–Trinajstić information content (AvgIpc) is 3.29. The zero-order chi connectivity index (χ0) is 21.8. The van der Waals surface area contributed by atoms with Crippen LogP contribution in [-0.4, -0.2) is 52.9 Å². The zero-order valence-electron chi connectivity index (χ0n) is 17.8. The normalized spacial score (nSPS) is 17.0. The van der Waals surface area contributed by atoms with Gasteiger partial charge in [0.05, 0.1) is 11.8 Å². The summed E-state index contributed by atoms with van der Waals surface area (Å²) >= 11 is 0. The Bertz CT molecular complexity index is 1000. The van der Waals surface area contributed by atoms with E-state index >= 15 is 0 Å². The van der Waals surface area contributed by atoms with Gasteiger partial charge in [0.15, 0.2) is 0 Å². The Kier molecular flexibility index (Phi) is 6.53. The van der Waals surface area contributed by atoms with Gasteiger partial charge in [-0.05, 0) is 49.4 Å². The van der Waals surface area contributed by atoms with Crippen LogP contribution in [0.25, 0.3) is 11.3 Å². The highest BCUT2D eigenvalue weighted by Gasteiger charge is 2.21. The minimum absolute atomic E-state index is 0.0630. The largest absolute Gasteiger partial charge is 0.486 e. The summed E-state index contributed by atoms with van der Waals surface area (Å²) in [5.41, 5.74) is 2.52. The maximum atomic E-state index is 12.5. The number of hydrogen-bond acceptors (Lipinski definition) is 7. The Morgan fingerprint density at radius 2 is 2.26 bits per heavy atom. The smallest absolute Gasteiger partial charge is 0.351 e. The fourth-order valence-electron chi connectivity index (χ4n) is 3.91. The second-order valence-corrected chi connectivity index (χ2v) is 7.86. The molecule has 0 radical (unpaired) electrons. The molecule has 0 saturated carbocycles. The summed E-state index contributed by atoms with van der Waals surface area (Å²) in [5.74, 6) is 7.05. The van der Waals surface area contributed by atoms with Gasteiger partial charge in [0.25, 0.3) is 0 Å². The Morgan fingerprint density at radius 3 is 3.03 bits per heavy atom. The number of amidine groups is 1. The number of nitrogens with two attached hydrogens (primary N) is 1. The van der Waals surface area contributed by atoms with Crippen LogP contribution in [0.5, 0.6) is 11.6 Å². The van der Waals surface area contributed by atoms with Crippen LogP contribution in [0, 0.1) is 5.41 Å². The topological polar surface area (TPSA) is 116 Å². The van der Waals surface area contributed by atoms with Crippen molar-refractivity contribution in [2.45, 2.75) is 45.3 Å². The first-order chi connectivity index (χ1) is 15.0. The molecule has 1 unspecified atom stereocenters. The van der Waals surface area contributed by atoms with Gasteiger partial charge in [0, 0.05) is 31.3 Å². The number of rotatable bonds is 8. The molecule has 2 aliphatic heterocycles. The summed E-state index contributed by atoms with van der Waals surface area (Å²) in [4.78, 5) is 16.6. The van der Waals surface area contributed by atoms with Crippen molar-refractivity contribution >= 4 is 5.84 Å². The minimum atomic E-state index is -0.307. The predicted molar refractivity (Wildman–Crippen MR) is 117 cm³/mol. The van der Waals surface area contributed by atoms with E-state index in [0.717, 1.165) is 42.7 Å². The molecule has 4 rings (SSSR count). The Labute approximate surface area is 181 Å². The third kappa shape index (κ3) is 4.88. The van der Waals surface area contributed by atoms with Crippen molar-refractivity contribution in [3.8, 4) is 22.9 Å². The molecule has 166 valence electrons. The molecule has 1 atom stereocenters. The maximum Gasteiger partial charge on any atom is 0.351 e. The Balaban J connectivity index is 1.49. The number of aromatic nitrogens is 2. The van der Waals surface area contributed by atoms with E-state index in [1.54, 1.807) is 4.57 Å². The number of aryl methyl sites for hydroxylation is 1. The zero-order valence-corrected chi connectivity index (χ0v) is 17.8. The third-order valence-corrected chi connectivity index (χ3v) is 5.57. The van der Waals surface area contributed by atoms with Crippen molar-refractivity contribution in [2.75, 3.05) is 26.4 Å². The first-order valence-corrected chi connectivity index (χ1v) is 10.8. The summed E-state index contributed by atoms with van der Waals surface area (Å²) in [7, 11) is 0. The van der Waals surface area contributed by atoms with Gasteiger partial charge >= 0.3 is 5.69 Å². The van der Waals surface area contributed by atoms with E-state index in [1.165, 1.54) is 5.01 Å². The van der Waals surface area contributed by atoms with E-state index < -0.39 is 0 Å². The van der Waals surface area contributed by atoms with Gasteiger partial charge in [-0.25, -0.2) is 10.6 Å². The van der Waals surface area contributed by atoms with Gasteiger partial charge in [0.1, 0.15) is 24.8 Å². The highest BCUT2D eigenvalue weighted by atomic mass is 16.5. The highest BCUT2D eigenvalue weighted by molar-refractivity contribution is 5.80. The molecule has 1 aromatic heterocycles. The van der Waals surface area contributed by atoms with E-state index in [2.05, 4.69) is 4.98 Å². The van der Waals surface area contributed by atoms with Crippen LogP contribution < -0.4 is 21.0 Å². The second-order valence-electron chi connectivity index (χ2n) is 7.86. The molecule has 9 nitrogen and oxygen atoms in total. The maximum absolute atomic E-state index is 12.5. The van der Waals surface area contributed by atoms with Gasteiger partial charge in [0.2, 0.25) is 5.88 Å². The molecular weight excluding hydrogens is 398 g/mol. The predicted octanol–water partition coefficient (Wildman–Crippen LogP) is 1.97. The number of hydrogen-bond donors (Lipinski definition) is 2. The standard InChI is InChI=1S/C22H29N5O4/c1-2-8-27(24)20(23)14-30-16-5-6-18-15(11-16)7-9-26-19(18)12-21(25-22(26)28)31-13-17-4-3-10-29-17/h5-6,11-12,17,23H,2-4,7-10,13-14,24H2,1H3. The Morgan fingerprint density at radius 1 is 1.39 bits per heavy atom.